The Bertz CT molecular complexity index is 1100. The van der Waals surface area contributed by atoms with Crippen LogP contribution >= 0.6 is 0 Å². The Hall–Kier alpha value is -3.38. The van der Waals surface area contributed by atoms with Crippen molar-refractivity contribution in [2.45, 2.75) is 17.9 Å². The first-order valence-corrected chi connectivity index (χ1v) is 11.0. The number of rotatable bonds is 8. The third kappa shape index (κ3) is 4.78. The molecule has 0 bridgehead atoms. The van der Waals surface area contributed by atoms with Crippen LogP contribution in [0.1, 0.15) is 28.9 Å². The van der Waals surface area contributed by atoms with E-state index in [9.17, 15) is 13.2 Å². The second kappa shape index (κ2) is 9.41. The summed E-state index contributed by atoms with van der Waals surface area (Å²) in [5.74, 6) is -0.223. The van der Waals surface area contributed by atoms with Crippen LogP contribution in [0.4, 0.5) is 5.69 Å². The minimum absolute atomic E-state index is 0.119. The summed E-state index contributed by atoms with van der Waals surface area (Å²) in [6, 6.07) is 24.3. The second-order valence-corrected chi connectivity index (χ2v) is 8.65. The molecule has 0 unspecified atom stereocenters. The highest BCUT2D eigenvalue weighted by Crippen LogP contribution is 2.24. The maximum Gasteiger partial charge on any atom is 0.264 e. The first kappa shape index (κ1) is 21.3. The number of carbonyl (C=O) groups is 1. The van der Waals surface area contributed by atoms with Gasteiger partial charge < -0.3 is 5.32 Å². The molecule has 0 aliphatic rings. The largest absolute Gasteiger partial charge is 0.346 e. The monoisotopic (exact) mass is 420 g/mol. The van der Waals surface area contributed by atoms with E-state index >= 15 is 0 Å². The van der Waals surface area contributed by atoms with Crippen LogP contribution < -0.4 is 9.62 Å². The number of hydrogen-bond donors (Lipinski definition) is 1. The van der Waals surface area contributed by atoms with Crippen molar-refractivity contribution in [2.24, 2.45) is 0 Å². The summed E-state index contributed by atoms with van der Waals surface area (Å²) >= 11 is 0. The molecule has 3 aromatic carbocycles. The SMILES string of the molecule is C=CCN(c1ccc(C(=O)N[C@H](C)c2ccccc2)cc1)S(=O)(=O)c1ccccc1. The number of carbonyl (C=O) groups excluding carboxylic acids is 1. The van der Waals surface area contributed by atoms with Crippen molar-refractivity contribution in [3.8, 4) is 0 Å². The smallest absolute Gasteiger partial charge is 0.264 e. The molecule has 1 amide bonds. The molecule has 0 radical (unpaired) electrons. The summed E-state index contributed by atoms with van der Waals surface area (Å²) in [4.78, 5) is 12.8. The quantitative estimate of drug-likeness (QED) is 0.543. The van der Waals surface area contributed by atoms with Crippen LogP contribution in [0.15, 0.2) is 102 Å². The number of nitrogens with zero attached hydrogens (tertiary/aromatic N) is 1. The predicted molar refractivity (Wildman–Crippen MR) is 120 cm³/mol. The Labute approximate surface area is 177 Å². The average molecular weight is 421 g/mol. The third-order valence-corrected chi connectivity index (χ3v) is 6.50. The fraction of sp³-hybridized carbons (Fsp3) is 0.125. The molecule has 0 saturated heterocycles. The Morgan fingerprint density at radius 3 is 2.10 bits per heavy atom. The van der Waals surface area contributed by atoms with Gasteiger partial charge in [-0.15, -0.1) is 6.58 Å². The van der Waals surface area contributed by atoms with Gasteiger partial charge in [-0.1, -0.05) is 54.6 Å². The molecule has 0 fully saturated rings. The van der Waals surface area contributed by atoms with Crippen LogP contribution in [0.25, 0.3) is 0 Å². The Morgan fingerprint density at radius 2 is 1.53 bits per heavy atom. The highest BCUT2D eigenvalue weighted by Gasteiger charge is 2.24. The molecule has 6 heteroatoms. The van der Waals surface area contributed by atoms with E-state index in [1.807, 2.05) is 37.3 Å². The number of amides is 1. The predicted octanol–water partition coefficient (Wildman–Crippen LogP) is 4.56. The zero-order chi connectivity index (χ0) is 21.6. The number of hydrogen-bond acceptors (Lipinski definition) is 3. The number of sulfonamides is 1. The topological polar surface area (TPSA) is 66.5 Å². The van der Waals surface area contributed by atoms with Gasteiger partial charge in [-0.2, -0.15) is 0 Å². The van der Waals surface area contributed by atoms with Crippen LogP contribution in [0.3, 0.4) is 0 Å². The highest BCUT2D eigenvalue weighted by molar-refractivity contribution is 7.92. The minimum atomic E-state index is -3.74. The Kier molecular flexibility index (Phi) is 6.69. The van der Waals surface area contributed by atoms with Gasteiger partial charge in [0.15, 0.2) is 0 Å². The fourth-order valence-corrected chi connectivity index (χ4v) is 4.52. The van der Waals surface area contributed by atoms with Crippen molar-refractivity contribution >= 4 is 21.6 Å². The lowest BCUT2D eigenvalue weighted by Gasteiger charge is -2.23. The number of benzene rings is 3. The lowest BCUT2D eigenvalue weighted by atomic mass is 10.1. The Morgan fingerprint density at radius 1 is 0.967 bits per heavy atom. The summed E-state index contributed by atoms with van der Waals surface area (Å²) in [5, 5.41) is 2.96. The maximum atomic E-state index is 13.0. The average Bonchev–Trinajstić information content (AvgIpc) is 2.78. The number of anilines is 1. The van der Waals surface area contributed by atoms with Crippen molar-refractivity contribution in [3.05, 3.63) is 109 Å². The molecule has 0 aliphatic carbocycles. The molecule has 0 spiro atoms. The summed E-state index contributed by atoms with van der Waals surface area (Å²) in [6.07, 6.45) is 1.53. The molecule has 0 saturated carbocycles. The first-order valence-electron chi connectivity index (χ1n) is 9.58. The third-order valence-electron chi connectivity index (χ3n) is 4.69. The van der Waals surface area contributed by atoms with Crippen LogP contribution in [-0.4, -0.2) is 20.9 Å². The van der Waals surface area contributed by atoms with E-state index in [0.29, 0.717) is 11.3 Å². The zero-order valence-corrected chi connectivity index (χ0v) is 17.5. The van der Waals surface area contributed by atoms with Crippen LogP contribution in [0.2, 0.25) is 0 Å². The molecule has 5 nitrogen and oxygen atoms in total. The van der Waals surface area contributed by atoms with Gasteiger partial charge in [0.1, 0.15) is 0 Å². The van der Waals surface area contributed by atoms with Gasteiger partial charge in [-0.25, -0.2) is 8.42 Å². The second-order valence-electron chi connectivity index (χ2n) is 6.79. The molecule has 3 rings (SSSR count). The normalized spacial score (nSPS) is 12.0. The van der Waals surface area contributed by atoms with E-state index in [0.717, 1.165) is 5.56 Å². The van der Waals surface area contributed by atoms with E-state index in [4.69, 9.17) is 0 Å². The van der Waals surface area contributed by atoms with E-state index in [1.54, 1.807) is 54.6 Å². The lowest BCUT2D eigenvalue weighted by Crippen LogP contribution is -2.31. The van der Waals surface area contributed by atoms with Crippen molar-refractivity contribution in [3.63, 3.8) is 0 Å². The van der Waals surface area contributed by atoms with Gasteiger partial charge in [0, 0.05) is 5.56 Å². The molecule has 3 aromatic rings. The van der Waals surface area contributed by atoms with E-state index in [2.05, 4.69) is 11.9 Å². The molecule has 30 heavy (non-hydrogen) atoms. The van der Waals surface area contributed by atoms with Crippen molar-refractivity contribution < 1.29 is 13.2 Å². The minimum Gasteiger partial charge on any atom is -0.346 e. The van der Waals surface area contributed by atoms with Gasteiger partial charge in [0.05, 0.1) is 23.2 Å². The van der Waals surface area contributed by atoms with Crippen molar-refractivity contribution in [2.75, 3.05) is 10.8 Å². The molecule has 154 valence electrons. The summed E-state index contributed by atoms with van der Waals surface area (Å²) in [6.45, 7) is 5.71. The molecule has 0 heterocycles. The molecule has 1 atom stereocenters. The molecule has 1 N–H and O–H groups in total. The van der Waals surface area contributed by atoms with E-state index < -0.39 is 10.0 Å². The van der Waals surface area contributed by atoms with Gasteiger partial charge in [-0.05, 0) is 48.9 Å². The van der Waals surface area contributed by atoms with Crippen molar-refractivity contribution in [1.29, 1.82) is 0 Å². The summed E-state index contributed by atoms with van der Waals surface area (Å²) in [5.41, 5.74) is 1.93. The molecule has 0 aromatic heterocycles. The van der Waals surface area contributed by atoms with Crippen LogP contribution in [0.5, 0.6) is 0 Å². The van der Waals surface area contributed by atoms with Crippen LogP contribution in [0, 0.1) is 0 Å². The summed E-state index contributed by atoms with van der Waals surface area (Å²) in [7, 11) is -3.74. The standard InChI is InChI=1S/C24H24N2O3S/c1-3-18-26(30(28,29)23-12-8-5-9-13-23)22-16-14-21(15-17-22)24(27)25-19(2)20-10-6-4-7-11-20/h3-17,19H,1,18H2,2H3,(H,25,27)/t19-/m1/s1. The lowest BCUT2D eigenvalue weighted by molar-refractivity contribution is 0.0940. The first-order chi connectivity index (χ1) is 14.4. The molecule has 0 aliphatic heterocycles. The Balaban J connectivity index is 1.80. The van der Waals surface area contributed by atoms with Crippen LogP contribution in [-0.2, 0) is 10.0 Å². The van der Waals surface area contributed by atoms with Gasteiger partial charge in [0.25, 0.3) is 15.9 Å². The highest BCUT2D eigenvalue weighted by atomic mass is 32.2. The molecular formula is C24H24N2O3S. The number of nitrogens with one attached hydrogen (secondary N) is 1. The van der Waals surface area contributed by atoms with Gasteiger partial charge >= 0.3 is 0 Å². The summed E-state index contributed by atoms with van der Waals surface area (Å²) < 4.78 is 27.4. The van der Waals surface area contributed by atoms with Gasteiger partial charge in [-0.3, -0.25) is 9.10 Å². The fourth-order valence-electron chi connectivity index (χ4n) is 3.06. The van der Waals surface area contributed by atoms with Gasteiger partial charge in [0.2, 0.25) is 0 Å². The van der Waals surface area contributed by atoms with E-state index in [1.165, 1.54) is 10.4 Å². The van der Waals surface area contributed by atoms with E-state index in [-0.39, 0.29) is 23.4 Å². The van der Waals surface area contributed by atoms with Crippen molar-refractivity contribution in [1.82, 2.24) is 5.32 Å². The zero-order valence-electron chi connectivity index (χ0n) is 16.7. The molecular weight excluding hydrogens is 396 g/mol. The maximum absolute atomic E-state index is 13.0.